The van der Waals surface area contributed by atoms with E-state index in [1.54, 1.807) is 0 Å². The first-order valence-corrected chi connectivity index (χ1v) is 4.88. The summed E-state index contributed by atoms with van der Waals surface area (Å²) >= 11 is 0. The average molecular weight is 183 g/mol. The molecule has 1 heterocycles. The van der Waals surface area contributed by atoms with E-state index in [0.717, 1.165) is 32.4 Å². The van der Waals surface area contributed by atoms with Crippen molar-refractivity contribution in [2.24, 2.45) is 0 Å². The van der Waals surface area contributed by atoms with Gasteiger partial charge in [0.2, 0.25) is 5.91 Å². The monoisotopic (exact) mass is 183 g/mol. The summed E-state index contributed by atoms with van der Waals surface area (Å²) in [5.74, 6) is 0.220. The zero-order valence-corrected chi connectivity index (χ0v) is 7.91. The van der Waals surface area contributed by atoms with Gasteiger partial charge in [0.25, 0.3) is 0 Å². The standard InChI is InChI=1S/C10H17NO2/c12-9-5-2-6-10(13)11-7-3-1-4-8-11/h1,3,12H,2,4-9H2. The van der Waals surface area contributed by atoms with Crippen LogP contribution in [-0.2, 0) is 4.79 Å². The lowest BCUT2D eigenvalue weighted by molar-refractivity contribution is -0.130. The number of nitrogens with zero attached hydrogens (tertiary/aromatic N) is 1. The molecular weight excluding hydrogens is 166 g/mol. The number of carbonyl (C=O) groups is 1. The minimum absolute atomic E-state index is 0.188. The Kier molecular flexibility index (Phi) is 4.54. The van der Waals surface area contributed by atoms with Crippen molar-refractivity contribution in [1.29, 1.82) is 0 Å². The van der Waals surface area contributed by atoms with Crippen LogP contribution in [0, 0.1) is 0 Å². The predicted molar refractivity (Wildman–Crippen MR) is 51.3 cm³/mol. The van der Waals surface area contributed by atoms with Gasteiger partial charge in [-0.3, -0.25) is 4.79 Å². The first kappa shape index (κ1) is 10.3. The van der Waals surface area contributed by atoms with Crippen LogP contribution in [0.25, 0.3) is 0 Å². The van der Waals surface area contributed by atoms with E-state index in [-0.39, 0.29) is 12.5 Å². The fraction of sp³-hybridized carbons (Fsp3) is 0.700. The molecule has 3 heteroatoms. The molecule has 0 saturated carbocycles. The highest BCUT2D eigenvalue weighted by molar-refractivity contribution is 5.76. The third-order valence-electron chi connectivity index (χ3n) is 2.21. The lowest BCUT2D eigenvalue weighted by atomic mass is 10.2. The minimum atomic E-state index is 0.188. The van der Waals surface area contributed by atoms with E-state index < -0.39 is 0 Å². The van der Waals surface area contributed by atoms with Crippen molar-refractivity contribution in [2.45, 2.75) is 25.7 Å². The third kappa shape index (κ3) is 3.59. The molecule has 0 bridgehead atoms. The lowest BCUT2D eigenvalue weighted by Crippen LogP contribution is -2.33. The van der Waals surface area contributed by atoms with Gasteiger partial charge in [-0.2, -0.15) is 0 Å². The molecule has 0 saturated heterocycles. The molecule has 0 radical (unpaired) electrons. The molecular formula is C10H17NO2. The molecule has 1 amide bonds. The van der Waals surface area contributed by atoms with E-state index in [1.165, 1.54) is 0 Å². The van der Waals surface area contributed by atoms with Crippen molar-refractivity contribution >= 4 is 5.91 Å². The van der Waals surface area contributed by atoms with Gasteiger partial charge in [0, 0.05) is 26.1 Å². The fourth-order valence-electron chi connectivity index (χ4n) is 1.41. The molecule has 74 valence electrons. The van der Waals surface area contributed by atoms with Crippen molar-refractivity contribution in [3.63, 3.8) is 0 Å². The molecule has 1 rings (SSSR count). The summed E-state index contributed by atoms with van der Waals surface area (Å²) in [6.07, 6.45) is 7.23. The van der Waals surface area contributed by atoms with E-state index >= 15 is 0 Å². The minimum Gasteiger partial charge on any atom is -0.396 e. The van der Waals surface area contributed by atoms with Crippen LogP contribution in [0.1, 0.15) is 25.7 Å². The van der Waals surface area contributed by atoms with Crippen LogP contribution in [0.3, 0.4) is 0 Å². The van der Waals surface area contributed by atoms with Crippen LogP contribution < -0.4 is 0 Å². The largest absolute Gasteiger partial charge is 0.396 e. The lowest BCUT2D eigenvalue weighted by Gasteiger charge is -2.23. The molecule has 1 aliphatic heterocycles. The number of rotatable bonds is 4. The summed E-state index contributed by atoms with van der Waals surface area (Å²) in [7, 11) is 0. The molecule has 0 aromatic carbocycles. The summed E-state index contributed by atoms with van der Waals surface area (Å²) < 4.78 is 0. The van der Waals surface area contributed by atoms with Crippen molar-refractivity contribution < 1.29 is 9.90 Å². The van der Waals surface area contributed by atoms with E-state index in [0.29, 0.717) is 6.42 Å². The first-order valence-electron chi connectivity index (χ1n) is 4.88. The summed E-state index contributed by atoms with van der Waals surface area (Å²) in [5, 5.41) is 8.55. The maximum absolute atomic E-state index is 11.5. The summed E-state index contributed by atoms with van der Waals surface area (Å²) in [6.45, 7) is 1.81. The Labute approximate surface area is 79.0 Å². The van der Waals surface area contributed by atoms with Crippen LogP contribution in [0.15, 0.2) is 12.2 Å². The molecule has 0 fully saturated rings. The number of aliphatic hydroxyl groups excluding tert-OH is 1. The SMILES string of the molecule is O=C(CCCCO)N1CC=CCC1. The van der Waals surface area contributed by atoms with E-state index in [4.69, 9.17) is 5.11 Å². The highest BCUT2D eigenvalue weighted by Gasteiger charge is 2.12. The smallest absolute Gasteiger partial charge is 0.222 e. The Morgan fingerprint density at radius 1 is 1.38 bits per heavy atom. The Morgan fingerprint density at radius 2 is 2.23 bits per heavy atom. The molecule has 13 heavy (non-hydrogen) atoms. The first-order chi connectivity index (χ1) is 6.34. The zero-order valence-electron chi connectivity index (χ0n) is 7.91. The van der Waals surface area contributed by atoms with Gasteiger partial charge in [0.15, 0.2) is 0 Å². The van der Waals surface area contributed by atoms with E-state index in [9.17, 15) is 4.79 Å². The summed E-state index contributed by atoms with van der Waals surface area (Å²) in [6, 6.07) is 0. The average Bonchev–Trinajstić information content (AvgIpc) is 2.19. The third-order valence-corrected chi connectivity index (χ3v) is 2.21. The second kappa shape index (κ2) is 5.75. The van der Waals surface area contributed by atoms with Crippen LogP contribution in [0.5, 0.6) is 0 Å². The fourth-order valence-corrected chi connectivity index (χ4v) is 1.41. The van der Waals surface area contributed by atoms with Crippen molar-refractivity contribution in [3.8, 4) is 0 Å². The molecule has 0 aromatic heterocycles. The second-order valence-corrected chi connectivity index (χ2v) is 3.28. The van der Waals surface area contributed by atoms with Crippen LogP contribution in [-0.4, -0.2) is 35.6 Å². The Morgan fingerprint density at radius 3 is 2.85 bits per heavy atom. The molecule has 0 spiro atoms. The number of unbranched alkanes of at least 4 members (excludes halogenated alkanes) is 1. The number of amides is 1. The molecule has 0 unspecified atom stereocenters. The molecule has 0 aromatic rings. The van der Waals surface area contributed by atoms with Gasteiger partial charge < -0.3 is 10.0 Å². The van der Waals surface area contributed by atoms with Gasteiger partial charge in [-0.15, -0.1) is 0 Å². The van der Waals surface area contributed by atoms with Crippen molar-refractivity contribution in [3.05, 3.63) is 12.2 Å². The topological polar surface area (TPSA) is 40.5 Å². The van der Waals surface area contributed by atoms with Gasteiger partial charge in [0.05, 0.1) is 0 Å². The van der Waals surface area contributed by atoms with Crippen molar-refractivity contribution in [1.82, 2.24) is 4.90 Å². The Hall–Kier alpha value is -0.830. The molecule has 0 aliphatic carbocycles. The highest BCUT2D eigenvalue weighted by atomic mass is 16.2. The molecule has 1 N–H and O–H groups in total. The Bertz CT molecular complexity index is 189. The quantitative estimate of drug-likeness (QED) is 0.520. The maximum Gasteiger partial charge on any atom is 0.222 e. The predicted octanol–water partition coefficient (Wildman–Crippen LogP) is 0.938. The van der Waals surface area contributed by atoms with E-state index in [2.05, 4.69) is 6.08 Å². The van der Waals surface area contributed by atoms with Crippen LogP contribution >= 0.6 is 0 Å². The van der Waals surface area contributed by atoms with Gasteiger partial charge in [0.1, 0.15) is 0 Å². The number of carbonyl (C=O) groups excluding carboxylic acids is 1. The van der Waals surface area contributed by atoms with Gasteiger partial charge >= 0.3 is 0 Å². The number of hydrogen-bond donors (Lipinski definition) is 1. The highest BCUT2D eigenvalue weighted by Crippen LogP contribution is 2.05. The maximum atomic E-state index is 11.5. The summed E-state index contributed by atoms with van der Waals surface area (Å²) in [4.78, 5) is 13.4. The summed E-state index contributed by atoms with van der Waals surface area (Å²) in [5.41, 5.74) is 0. The molecule has 1 aliphatic rings. The van der Waals surface area contributed by atoms with Crippen molar-refractivity contribution in [2.75, 3.05) is 19.7 Å². The zero-order chi connectivity index (χ0) is 9.52. The number of hydrogen-bond acceptors (Lipinski definition) is 2. The van der Waals surface area contributed by atoms with Crippen LogP contribution in [0.2, 0.25) is 0 Å². The number of aliphatic hydroxyl groups is 1. The van der Waals surface area contributed by atoms with Gasteiger partial charge in [-0.05, 0) is 19.3 Å². The van der Waals surface area contributed by atoms with Gasteiger partial charge in [-0.1, -0.05) is 12.2 Å². The molecule has 0 atom stereocenters. The van der Waals surface area contributed by atoms with Crippen LogP contribution in [0.4, 0.5) is 0 Å². The normalized spacial score (nSPS) is 16.2. The second-order valence-electron chi connectivity index (χ2n) is 3.28. The molecule has 3 nitrogen and oxygen atoms in total. The van der Waals surface area contributed by atoms with E-state index in [1.807, 2.05) is 11.0 Å². The Balaban J connectivity index is 2.18. The van der Waals surface area contributed by atoms with Gasteiger partial charge in [-0.25, -0.2) is 0 Å².